The first-order valence-electron chi connectivity index (χ1n) is 5.09. The summed E-state index contributed by atoms with van der Waals surface area (Å²) in [5, 5.41) is 3.04. The molecule has 3 N–H and O–H groups in total. The molecule has 1 atom stereocenters. The Morgan fingerprint density at radius 3 is 2.80 bits per heavy atom. The van der Waals surface area contributed by atoms with E-state index in [0.29, 0.717) is 26.2 Å². The van der Waals surface area contributed by atoms with E-state index < -0.39 is 11.9 Å². The van der Waals surface area contributed by atoms with Gasteiger partial charge in [0.25, 0.3) is 0 Å². The molecular formula is C9H18N4O2. The number of nitrogens with two attached hydrogens (primary N) is 1. The minimum atomic E-state index is -0.528. The van der Waals surface area contributed by atoms with Crippen LogP contribution in [-0.2, 0) is 4.79 Å². The molecule has 1 unspecified atom stereocenters. The van der Waals surface area contributed by atoms with Crippen LogP contribution in [0.4, 0.5) is 4.79 Å². The normalized spacial score (nSPS) is 21.2. The zero-order chi connectivity index (χ0) is 11.4. The van der Waals surface area contributed by atoms with E-state index in [9.17, 15) is 9.59 Å². The van der Waals surface area contributed by atoms with E-state index in [1.165, 1.54) is 4.90 Å². The van der Waals surface area contributed by atoms with Crippen molar-refractivity contribution in [3.05, 3.63) is 0 Å². The molecule has 0 saturated carbocycles. The lowest BCUT2D eigenvalue weighted by atomic mass is 10.2. The summed E-state index contributed by atoms with van der Waals surface area (Å²) in [7, 11) is 1.71. The topological polar surface area (TPSA) is 78.7 Å². The van der Waals surface area contributed by atoms with Crippen molar-refractivity contribution in [3.63, 3.8) is 0 Å². The molecule has 0 aromatic rings. The van der Waals surface area contributed by atoms with Gasteiger partial charge in [0.15, 0.2) is 0 Å². The number of hydrogen-bond donors (Lipinski definition) is 2. The Morgan fingerprint density at radius 2 is 2.27 bits per heavy atom. The van der Waals surface area contributed by atoms with Gasteiger partial charge in [-0.2, -0.15) is 0 Å². The Bertz CT molecular complexity index is 256. The number of urea groups is 1. The molecule has 0 aromatic carbocycles. The maximum absolute atomic E-state index is 11.9. The first-order chi connectivity index (χ1) is 7.07. The Kier molecular flexibility index (Phi) is 3.90. The van der Waals surface area contributed by atoms with Crippen LogP contribution in [0.5, 0.6) is 0 Å². The molecule has 1 aliphatic heterocycles. The molecule has 1 fully saturated rings. The molecule has 15 heavy (non-hydrogen) atoms. The number of primary amides is 1. The fraction of sp³-hybridized carbons (Fsp3) is 0.778. The second kappa shape index (κ2) is 4.97. The molecule has 0 radical (unpaired) electrons. The average molecular weight is 214 g/mol. The number of nitrogens with one attached hydrogen (secondary N) is 1. The van der Waals surface area contributed by atoms with E-state index in [1.54, 1.807) is 11.9 Å². The molecular weight excluding hydrogens is 196 g/mol. The van der Waals surface area contributed by atoms with Gasteiger partial charge >= 0.3 is 6.03 Å². The predicted octanol–water partition coefficient (Wildman–Crippen LogP) is -1.18. The third kappa shape index (κ3) is 2.59. The van der Waals surface area contributed by atoms with Crippen LogP contribution in [-0.4, -0.2) is 61.0 Å². The van der Waals surface area contributed by atoms with Crippen molar-refractivity contribution in [1.29, 1.82) is 0 Å². The SMILES string of the molecule is CCN(C)C(=O)N1CCNCC1C(N)=O. The molecule has 3 amide bonds. The number of nitrogens with zero attached hydrogens (tertiary/aromatic N) is 2. The minimum absolute atomic E-state index is 0.136. The molecule has 0 bridgehead atoms. The monoisotopic (exact) mass is 214 g/mol. The summed E-state index contributed by atoms with van der Waals surface area (Å²) < 4.78 is 0. The van der Waals surface area contributed by atoms with Crippen LogP contribution in [0.3, 0.4) is 0 Å². The summed E-state index contributed by atoms with van der Waals surface area (Å²) in [5.74, 6) is -0.458. The lowest BCUT2D eigenvalue weighted by Crippen LogP contribution is -2.60. The molecule has 0 aliphatic carbocycles. The average Bonchev–Trinajstić information content (AvgIpc) is 2.27. The number of carbonyl (C=O) groups is 2. The summed E-state index contributed by atoms with van der Waals surface area (Å²) in [6.07, 6.45) is 0. The van der Waals surface area contributed by atoms with Crippen LogP contribution in [0, 0.1) is 0 Å². The molecule has 0 spiro atoms. The van der Waals surface area contributed by atoms with Crippen LogP contribution in [0.25, 0.3) is 0 Å². The van der Waals surface area contributed by atoms with Crippen molar-refractivity contribution >= 4 is 11.9 Å². The van der Waals surface area contributed by atoms with Gasteiger partial charge in [0, 0.05) is 33.2 Å². The minimum Gasteiger partial charge on any atom is -0.368 e. The summed E-state index contributed by atoms with van der Waals surface area (Å²) in [6.45, 7) is 4.18. The third-order valence-electron chi connectivity index (χ3n) is 2.62. The van der Waals surface area contributed by atoms with Crippen LogP contribution >= 0.6 is 0 Å². The van der Waals surface area contributed by atoms with E-state index in [-0.39, 0.29) is 6.03 Å². The summed E-state index contributed by atoms with van der Waals surface area (Å²) in [4.78, 5) is 26.1. The molecule has 86 valence electrons. The maximum Gasteiger partial charge on any atom is 0.320 e. The van der Waals surface area contributed by atoms with Crippen molar-refractivity contribution in [2.45, 2.75) is 13.0 Å². The smallest absolute Gasteiger partial charge is 0.320 e. The first-order valence-corrected chi connectivity index (χ1v) is 5.09. The van der Waals surface area contributed by atoms with Gasteiger partial charge in [-0.1, -0.05) is 0 Å². The maximum atomic E-state index is 11.9. The van der Waals surface area contributed by atoms with Gasteiger partial charge in [-0.05, 0) is 6.92 Å². The van der Waals surface area contributed by atoms with Gasteiger partial charge in [0.2, 0.25) is 5.91 Å². The summed E-state index contributed by atoms with van der Waals surface area (Å²) in [6, 6.07) is -0.664. The van der Waals surface area contributed by atoms with Gasteiger partial charge in [0.05, 0.1) is 0 Å². The fourth-order valence-corrected chi connectivity index (χ4v) is 1.54. The predicted molar refractivity (Wildman–Crippen MR) is 56.3 cm³/mol. The molecule has 1 heterocycles. The number of carbonyl (C=O) groups excluding carboxylic acids is 2. The van der Waals surface area contributed by atoms with Crippen molar-refractivity contribution < 1.29 is 9.59 Å². The highest BCUT2D eigenvalue weighted by Crippen LogP contribution is 2.06. The number of piperazine rings is 1. The van der Waals surface area contributed by atoms with Gasteiger partial charge in [-0.3, -0.25) is 4.79 Å². The molecule has 6 heteroatoms. The molecule has 1 aliphatic rings. The largest absolute Gasteiger partial charge is 0.368 e. The van der Waals surface area contributed by atoms with E-state index in [0.717, 1.165) is 0 Å². The molecule has 6 nitrogen and oxygen atoms in total. The van der Waals surface area contributed by atoms with Crippen molar-refractivity contribution in [1.82, 2.24) is 15.1 Å². The zero-order valence-corrected chi connectivity index (χ0v) is 9.19. The van der Waals surface area contributed by atoms with Gasteiger partial charge in [-0.15, -0.1) is 0 Å². The highest BCUT2D eigenvalue weighted by atomic mass is 16.2. The molecule has 1 rings (SSSR count). The summed E-state index contributed by atoms with van der Waals surface area (Å²) >= 11 is 0. The van der Waals surface area contributed by atoms with Crippen molar-refractivity contribution in [2.75, 3.05) is 33.2 Å². The molecule has 0 aromatic heterocycles. The van der Waals surface area contributed by atoms with E-state index in [1.807, 2.05) is 6.92 Å². The van der Waals surface area contributed by atoms with Gasteiger partial charge in [-0.25, -0.2) is 4.79 Å². The highest BCUT2D eigenvalue weighted by Gasteiger charge is 2.31. The lowest BCUT2D eigenvalue weighted by molar-refractivity contribution is -0.122. The lowest BCUT2D eigenvalue weighted by Gasteiger charge is -2.36. The number of rotatable bonds is 2. The Labute approximate surface area is 89.4 Å². The van der Waals surface area contributed by atoms with E-state index in [2.05, 4.69) is 5.32 Å². The van der Waals surface area contributed by atoms with Gasteiger partial charge in [0.1, 0.15) is 6.04 Å². The van der Waals surface area contributed by atoms with E-state index >= 15 is 0 Å². The zero-order valence-electron chi connectivity index (χ0n) is 9.19. The Hall–Kier alpha value is -1.30. The van der Waals surface area contributed by atoms with Gasteiger partial charge < -0.3 is 20.9 Å². The standard InChI is InChI=1S/C9H18N4O2/c1-3-12(2)9(15)13-5-4-11-6-7(13)8(10)14/h7,11H,3-6H2,1-2H3,(H2,10,14). The highest BCUT2D eigenvalue weighted by molar-refractivity contribution is 5.86. The number of hydrogen-bond acceptors (Lipinski definition) is 3. The van der Waals surface area contributed by atoms with E-state index in [4.69, 9.17) is 5.73 Å². The van der Waals surface area contributed by atoms with Crippen molar-refractivity contribution in [3.8, 4) is 0 Å². The number of amides is 3. The summed E-state index contributed by atoms with van der Waals surface area (Å²) in [5.41, 5.74) is 5.25. The quantitative estimate of drug-likeness (QED) is 0.607. The van der Waals surface area contributed by atoms with Crippen molar-refractivity contribution in [2.24, 2.45) is 5.73 Å². The van der Waals surface area contributed by atoms with Crippen LogP contribution in [0.2, 0.25) is 0 Å². The molecule has 1 saturated heterocycles. The van der Waals surface area contributed by atoms with Crippen LogP contribution in [0.15, 0.2) is 0 Å². The Morgan fingerprint density at radius 1 is 1.60 bits per heavy atom. The van der Waals surface area contributed by atoms with Crippen LogP contribution in [0.1, 0.15) is 6.92 Å². The second-order valence-corrected chi connectivity index (χ2v) is 3.61. The first kappa shape index (κ1) is 11.8. The Balaban J connectivity index is 2.71. The fourth-order valence-electron chi connectivity index (χ4n) is 1.54. The van der Waals surface area contributed by atoms with Crippen LogP contribution < -0.4 is 11.1 Å². The third-order valence-corrected chi connectivity index (χ3v) is 2.62. The second-order valence-electron chi connectivity index (χ2n) is 3.61.